The molecule has 0 aromatic carbocycles. The smallest absolute Gasteiger partial charge is 0.212 e. The summed E-state index contributed by atoms with van der Waals surface area (Å²) in [6.45, 7) is 2.64. The van der Waals surface area contributed by atoms with Crippen LogP contribution in [0.25, 0.3) is 0 Å². The van der Waals surface area contributed by atoms with Gasteiger partial charge in [0.05, 0.1) is 0 Å². The summed E-state index contributed by atoms with van der Waals surface area (Å²) in [6, 6.07) is 0. The van der Waals surface area contributed by atoms with E-state index in [1.165, 1.54) is 6.40 Å². The third-order valence-corrected chi connectivity index (χ3v) is 1.09. The fraction of sp³-hybridized carbons (Fsp3) is 0.800. The second-order valence-electron chi connectivity index (χ2n) is 1.67. The van der Waals surface area contributed by atoms with Gasteiger partial charge in [0.25, 0.3) is 0 Å². The first-order valence-corrected chi connectivity index (χ1v) is 2.72. The monoisotopic (exact) mass is 115 g/mol. The molecule has 0 radical (unpaired) electrons. The van der Waals surface area contributed by atoms with E-state index in [9.17, 15) is 0 Å². The van der Waals surface area contributed by atoms with Gasteiger partial charge < -0.3 is 9.57 Å². The van der Waals surface area contributed by atoms with Gasteiger partial charge >= 0.3 is 0 Å². The molecule has 1 heterocycles. The van der Waals surface area contributed by atoms with E-state index in [0.29, 0.717) is 6.61 Å². The summed E-state index contributed by atoms with van der Waals surface area (Å²) in [5, 5.41) is 3.43. The summed E-state index contributed by atoms with van der Waals surface area (Å²) in [7, 11) is 0. The third kappa shape index (κ3) is 1.12. The molecule has 8 heavy (non-hydrogen) atoms. The summed E-state index contributed by atoms with van der Waals surface area (Å²) < 4.78 is 5.01. The van der Waals surface area contributed by atoms with Crippen molar-refractivity contribution in [1.29, 1.82) is 0 Å². The molecule has 1 atom stereocenters. The van der Waals surface area contributed by atoms with Gasteiger partial charge in [-0.05, 0) is 6.42 Å². The normalized spacial score (nSPS) is 26.4. The Morgan fingerprint density at radius 3 is 3.12 bits per heavy atom. The second kappa shape index (κ2) is 2.55. The lowest BCUT2D eigenvalue weighted by molar-refractivity contribution is 0.0157. The van der Waals surface area contributed by atoms with Crippen molar-refractivity contribution in [2.24, 2.45) is 5.16 Å². The van der Waals surface area contributed by atoms with Gasteiger partial charge in [-0.15, -0.1) is 0 Å². The number of oxime groups is 1. The van der Waals surface area contributed by atoms with Crippen LogP contribution in [0.3, 0.4) is 0 Å². The number of rotatable bonds is 1. The minimum Gasteiger partial charge on any atom is -0.474 e. The molecule has 1 aliphatic heterocycles. The minimum atomic E-state index is 0.215. The van der Waals surface area contributed by atoms with Crippen LogP contribution in [0, 0.1) is 0 Å². The quantitative estimate of drug-likeness (QED) is 0.505. The number of ether oxygens (including phenoxy) is 1. The van der Waals surface area contributed by atoms with Gasteiger partial charge in [-0.25, -0.2) is 0 Å². The van der Waals surface area contributed by atoms with Crippen molar-refractivity contribution in [3.63, 3.8) is 0 Å². The molecule has 0 aliphatic carbocycles. The van der Waals surface area contributed by atoms with Crippen molar-refractivity contribution in [2.45, 2.75) is 19.4 Å². The van der Waals surface area contributed by atoms with Gasteiger partial charge in [-0.2, -0.15) is 0 Å². The minimum absolute atomic E-state index is 0.215. The van der Waals surface area contributed by atoms with E-state index in [2.05, 4.69) is 5.16 Å². The topological polar surface area (TPSA) is 30.8 Å². The van der Waals surface area contributed by atoms with E-state index < -0.39 is 0 Å². The second-order valence-corrected chi connectivity index (χ2v) is 1.67. The van der Waals surface area contributed by atoms with Gasteiger partial charge in [0.1, 0.15) is 6.10 Å². The van der Waals surface area contributed by atoms with Crippen LogP contribution in [-0.4, -0.2) is 19.1 Å². The van der Waals surface area contributed by atoms with Crippen molar-refractivity contribution >= 4 is 6.40 Å². The van der Waals surface area contributed by atoms with Crippen LogP contribution in [0.1, 0.15) is 13.3 Å². The lowest BCUT2D eigenvalue weighted by atomic mass is 10.3. The molecule has 0 bridgehead atoms. The summed E-state index contributed by atoms with van der Waals surface area (Å²) in [5.41, 5.74) is 0. The summed E-state index contributed by atoms with van der Waals surface area (Å²) in [6.07, 6.45) is 2.54. The van der Waals surface area contributed by atoms with E-state index in [-0.39, 0.29) is 6.10 Å². The maximum Gasteiger partial charge on any atom is 0.212 e. The Hall–Kier alpha value is -0.730. The molecule has 1 rings (SSSR count). The first-order valence-electron chi connectivity index (χ1n) is 2.72. The van der Waals surface area contributed by atoms with E-state index in [1.807, 2.05) is 6.92 Å². The maximum atomic E-state index is 5.01. The molecule has 1 unspecified atom stereocenters. The Labute approximate surface area is 48.3 Å². The zero-order valence-corrected chi connectivity index (χ0v) is 4.83. The maximum absolute atomic E-state index is 5.01. The first kappa shape index (κ1) is 5.41. The molecule has 0 aromatic heterocycles. The number of nitrogens with zero attached hydrogens (tertiary/aromatic N) is 1. The number of hydrogen-bond donors (Lipinski definition) is 0. The molecule has 0 spiro atoms. The average molecular weight is 115 g/mol. The molecular weight excluding hydrogens is 106 g/mol. The molecule has 0 aromatic rings. The summed E-state index contributed by atoms with van der Waals surface area (Å²) in [4.78, 5) is 4.72. The molecule has 0 fully saturated rings. The highest BCUT2D eigenvalue weighted by molar-refractivity contribution is 5.45. The Balaban J connectivity index is 2.27. The van der Waals surface area contributed by atoms with E-state index in [0.717, 1.165) is 6.42 Å². The Bertz CT molecular complexity index is 92.4. The third-order valence-electron chi connectivity index (χ3n) is 1.09. The van der Waals surface area contributed by atoms with Gasteiger partial charge in [0.2, 0.25) is 6.40 Å². The van der Waals surface area contributed by atoms with Crippen LogP contribution in [0.2, 0.25) is 0 Å². The van der Waals surface area contributed by atoms with Crippen molar-refractivity contribution in [3.8, 4) is 0 Å². The molecular formula is C5H9NO2. The van der Waals surface area contributed by atoms with Gasteiger partial charge in [0.15, 0.2) is 6.61 Å². The van der Waals surface area contributed by atoms with Crippen molar-refractivity contribution in [2.75, 3.05) is 6.61 Å². The Morgan fingerprint density at radius 2 is 2.75 bits per heavy atom. The van der Waals surface area contributed by atoms with Crippen molar-refractivity contribution in [1.82, 2.24) is 0 Å². The molecule has 46 valence electrons. The van der Waals surface area contributed by atoms with Crippen LogP contribution in [-0.2, 0) is 9.57 Å². The van der Waals surface area contributed by atoms with E-state index >= 15 is 0 Å². The van der Waals surface area contributed by atoms with Crippen LogP contribution in [0.5, 0.6) is 0 Å². The van der Waals surface area contributed by atoms with E-state index in [1.54, 1.807) is 0 Å². The Kier molecular flexibility index (Phi) is 1.72. The van der Waals surface area contributed by atoms with Gasteiger partial charge in [-0.3, -0.25) is 0 Å². The molecule has 3 nitrogen and oxygen atoms in total. The largest absolute Gasteiger partial charge is 0.474 e. The molecule has 3 heteroatoms. The van der Waals surface area contributed by atoms with Crippen LogP contribution in [0.4, 0.5) is 0 Å². The van der Waals surface area contributed by atoms with Gasteiger partial charge in [-0.1, -0.05) is 12.1 Å². The van der Waals surface area contributed by atoms with Crippen molar-refractivity contribution < 1.29 is 9.57 Å². The number of hydrogen-bond acceptors (Lipinski definition) is 3. The lowest BCUT2D eigenvalue weighted by Gasteiger charge is -2.15. The fourth-order valence-corrected chi connectivity index (χ4v) is 0.521. The lowest BCUT2D eigenvalue weighted by Crippen LogP contribution is -2.20. The average Bonchev–Trinajstić information content (AvgIpc) is 1.90. The molecule has 1 aliphatic rings. The Morgan fingerprint density at radius 1 is 1.88 bits per heavy atom. The predicted octanol–water partition coefficient (Wildman–Crippen LogP) is 0.755. The fourth-order valence-electron chi connectivity index (χ4n) is 0.521. The zero-order chi connectivity index (χ0) is 5.82. The predicted molar refractivity (Wildman–Crippen MR) is 29.6 cm³/mol. The van der Waals surface area contributed by atoms with Crippen LogP contribution in [0.15, 0.2) is 5.16 Å². The highest BCUT2D eigenvalue weighted by Crippen LogP contribution is 2.00. The van der Waals surface area contributed by atoms with Crippen molar-refractivity contribution in [3.05, 3.63) is 0 Å². The van der Waals surface area contributed by atoms with Crippen LogP contribution >= 0.6 is 0 Å². The zero-order valence-electron chi connectivity index (χ0n) is 4.83. The standard InChI is InChI=1S/C5H9NO2/c1-2-5-3-8-6-4-7-5/h4-5H,2-3H2,1H3. The van der Waals surface area contributed by atoms with E-state index in [4.69, 9.17) is 9.57 Å². The first-order chi connectivity index (χ1) is 3.93. The molecule has 0 N–H and O–H groups in total. The van der Waals surface area contributed by atoms with Crippen LogP contribution < -0.4 is 0 Å². The SMILES string of the molecule is CCC1CON=CO1. The highest BCUT2D eigenvalue weighted by atomic mass is 16.7. The molecule has 0 amide bonds. The summed E-state index contributed by atoms with van der Waals surface area (Å²) >= 11 is 0. The van der Waals surface area contributed by atoms with Gasteiger partial charge in [0, 0.05) is 0 Å². The summed E-state index contributed by atoms with van der Waals surface area (Å²) in [5.74, 6) is 0. The highest BCUT2D eigenvalue weighted by Gasteiger charge is 2.08. The molecule has 0 saturated heterocycles. The molecule has 0 saturated carbocycles.